The molecule has 2 aromatic heterocycles. The van der Waals surface area contributed by atoms with Crippen molar-refractivity contribution in [3.8, 4) is 0 Å². The number of rotatable bonds is 4. The molecule has 0 saturated carbocycles. The maximum Gasteiger partial charge on any atom is 0.355 e. The van der Waals surface area contributed by atoms with Gasteiger partial charge in [0.15, 0.2) is 11.5 Å². The highest BCUT2D eigenvalue weighted by atomic mass is 32.1. The van der Waals surface area contributed by atoms with Crippen LogP contribution in [0.5, 0.6) is 0 Å². The number of hydrogen-bond donors (Lipinski definition) is 2. The summed E-state index contributed by atoms with van der Waals surface area (Å²) in [7, 11) is 0. The molecule has 2 rings (SSSR count). The van der Waals surface area contributed by atoms with Crippen molar-refractivity contribution in [2.75, 3.05) is 5.32 Å². The van der Waals surface area contributed by atoms with Crippen molar-refractivity contribution in [3.63, 3.8) is 0 Å². The van der Waals surface area contributed by atoms with E-state index in [0.29, 0.717) is 5.01 Å². The van der Waals surface area contributed by atoms with E-state index in [1.165, 1.54) is 16.7 Å². The number of aromatic nitrogens is 3. The van der Waals surface area contributed by atoms with Gasteiger partial charge in [-0.3, -0.25) is 4.79 Å². The monoisotopic (exact) mass is 308 g/mol. The number of carboxylic acids is 1. The predicted molar refractivity (Wildman–Crippen MR) is 79.9 cm³/mol. The Morgan fingerprint density at radius 3 is 2.76 bits per heavy atom. The molecular formula is C13H16N4O3S. The fourth-order valence-corrected chi connectivity index (χ4v) is 2.42. The van der Waals surface area contributed by atoms with Gasteiger partial charge in [-0.1, -0.05) is 0 Å². The van der Waals surface area contributed by atoms with Crippen molar-refractivity contribution in [3.05, 3.63) is 38.8 Å². The van der Waals surface area contributed by atoms with Crippen LogP contribution in [-0.2, 0) is 12.1 Å². The standard InChI is InChI=1S/C13H16N4O3S/c1-13(2,3)17-5-4-14-10(11(17)18)15-6-9-16-8(7-21-9)12(19)20/h4-5,7H,6H2,1-3H3,(H,14,15)(H,19,20). The summed E-state index contributed by atoms with van der Waals surface area (Å²) in [5, 5.41) is 13.8. The normalized spacial score (nSPS) is 11.4. The third-order valence-corrected chi connectivity index (χ3v) is 3.59. The zero-order valence-corrected chi connectivity index (χ0v) is 12.8. The van der Waals surface area contributed by atoms with Crippen molar-refractivity contribution in [1.82, 2.24) is 14.5 Å². The summed E-state index contributed by atoms with van der Waals surface area (Å²) in [6.07, 6.45) is 3.19. The SMILES string of the molecule is CC(C)(C)n1ccnc(NCc2nc(C(=O)O)cs2)c1=O. The molecule has 2 heterocycles. The largest absolute Gasteiger partial charge is 0.476 e. The minimum atomic E-state index is -1.06. The van der Waals surface area contributed by atoms with Crippen LogP contribution in [0.25, 0.3) is 0 Å². The minimum absolute atomic E-state index is 0.00456. The fourth-order valence-electron chi connectivity index (χ4n) is 1.71. The second kappa shape index (κ2) is 5.65. The van der Waals surface area contributed by atoms with Gasteiger partial charge in [0.25, 0.3) is 5.56 Å². The Morgan fingerprint density at radius 1 is 1.48 bits per heavy atom. The summed E-state index contributed by atoms with van der Waals surface area (Å²) < 4.78 is 1.59. The van der Waals surface area contributed by atoms with Gasteiger partial charge in [-0.15, -0.1) is 11.3 Å². The van der Waals surface area contributed by atoms with E-state index in [9.17, 15) is 9.59 Å². The van der Waals surface area contributed by atoms with Crippen molar-refractivity contribution in [1.29, 1.82) is 0 Å². The number of nitrogens with one attached hydrogen (secondary N) is 1. The highest BCUT2D eigenvalue weighted by molar-refractivity contribution is 7.09. The first-order chi connectivity index (χ1) is 9.79. The van der Waals surface area contributed by atoms with Crippen LogP contribution in [-0.4, -0.2) is 25.6 Å². The molecule has 0 aliphatic heterocycles. The van der Waals surface area contributed by atoms with Crippen molar-refractivity contribution in [2.45, 2.75) is 32.9 Å². The van der Waals surface area contributed by atoms with Gasteiger partial charge in [0.2, 0.25) is 0 Å². The molecule has 0 aliphatic carbocycles. The fraction of sp³-hybridized carbons (Fsp3) is 0.385. The van der Waals surface area contributed by atoms with Crippen LogP contribution >= 0.6 is 11.3 Å². The van der Waals surface area contributed by atoms with Crippen LogP contribution in [0, 0.1) is 0 Å². The number of carbonyl (C=O) groups is 1. The first-order valence-corrected chi connectivity index (χ1v) is 7.16. The summed E-state index contributed by atoms with van der Waals surface area (Å²) in [5.74, 6) is -0.843. The highest BCUT2D eigenvalue weighted by Crippen LogP contribution is 2.13. The molecule has 0 saturated heterocycles. The molecule has 0 unspecified atom stereocenters. The summed E-state index contributed by atoms with van der Waals surface area (Å²) in [4.78, 5) is 31.0. The number of nitrogens with zero attached hydrogens (tertiary/aromatic N) is 3. The Bertz CT molecular complexity index is 715. The molecular weight excluding hydrogens is 292 g/mol. The lowest BCUT2D eigenvalue weighted by Crippen LogP contribution is -2.35. The number of anilines is 1. The molecule has 2 aromatic rings. The van der Waals surface area contributed by atoms with Crippen LogP contribution in [0.3, 0.4) is 0 Å². The molecule has 0 aromatic carbocycles. The molecule has 0 spiro atoms. The second-order valence-corrected chi connectivity index (χ2v) is 6.35. The third-order valence-electron chi connectivity index (χ3n) is 2.74. The van der Waals surface area contributed by atoms with Crippen LogP contribution in [0.15, 0.2) is 22.6 Å². The first-order valence-electron chi connectivity index (χ1n) is 6.29. The maximum absolute atomic E-state index is 12.3. The van der Waals surface area contributed by atoms with E-state index in [4.69, 9.17) is 5.11 Å². The van der Waals surface area contributed by atoms with Gasteiger partial charge in [0.05, 0.1) is 6.54 Å². The quantitative estimate of drug-likeness (QED) is 0.893. The summed E-state index contributed by atoms with van der Waals surface area (Å²) >= 11 is 1.22. The molecule has 0 radical (unpaired) electrons. The number of thiazole rings is 1. The number of carboxylic acid groups (broad SMARTS) is 1. The summed E-state index contributed by atoms with van der Waals surface area (Å²) in [6, 6.07) is 0. The molecule has 0 fully saturated rings. The molecule has 0 aliphatic rings. The molecule has 0 atom stereocenters. The zero-order chi connectivity index (χ0) is 15.6. The van der Waals surface area contributed by atoms with Crippen molar-refractivity contribution >= 4 is 23.1 Å². The topological polar surface area (TPSA) is 97.1 Å². The number of aromatic carboxylic acids is 1. The Kier molecular flexibility index (Phi) is 4.08. The van der Waals surface area contributed by atoms with E-state index >= 15 is 0 Å². The van der Waals surface area contributed by atoms with Crippen molar-refractivity contribution in [2.24, 2.45) is 0 Å². The third kappa shape index (κ3) is 3.46. The molecule has 0 bridgehead atoms. The smallest absolute Gasteiger partial charge is 0.355 e. The molecule has 21 heavy (non-hydrogen) atoms. The first kappa shape index (κ1) is 15.2. The maximum atomic E-state index is 12.3. The van der Waals surface area contributed by atoms with Gasteiger partial charge in [-0.2, -0.15) is 0 Å². The summed E-state index contributed by atoms with van der Waals surface area (Å²) in [6.45, 7) is 6.04. The molecule has 112 valence electrons. The van der Waals surface area contributed by atoms with Crippen molar-refractivity contribution < 1.29 is 9.90 Å². The van der Waals surface area contributed by atoms with Crippen LogP contribution in [0.4, 0.5) is 5.82 Å². The Hall–Kier alpha value is -2.22. The Labute approximate surface area is 125 Å². The van der Waals surface area contributed by atoms with Gasteiger partial charge in [0, 0.05) is 23.3 Å². The van der Waals surface area contributed by atoms with E-state index in [1.807, 2.05) is 20.8 Å². The average molecular weight is 308 g/mol. The number of hydrogen-bond acceptors (Lipinski definition) is 6. The van der Waals surface area contributed by atoms with E-state index in [2.05, 4.69) is 15.3 Å². The molecule has 0 amide bonds. The zero-order valence-electron chi connectivity index (χ0n) is 12.0. The van der Waals surface area contributed by atoms with E-state index in [-0.39, 0.29) is 29.2 Å². The van der Waals surface area contributed by atoms with E-state index in [1.54, 1.807) is 17.0 Å². The lowest BCUT2D eigenvalue weighted by molar-refractivity contribution is 0.0691. The van der Waals surface area contributed by atoms with E-state index < -0.39 is 5.97 Å². The van der Waals surface area contributed by atoms with Crippen LogP contribution in [0.1, 0.15) is 36.3 Å². The average Bonchev–Trinajstić information content (AvgIpc) is 2.85. The second-order valence-electron chi connectivity index (χ2n) is 5.41. The lowest BCUT2D eigenvalue weighted by Gasteiger charge is -2.22. The van der Waals surface area contributed by atoms with Gasteiger partial charge in [-0.25, -0.2) is 14.8 Å². The predicted octanol–water partition coefficient (Wildman–Crippen LogP) is 1.77. The summed E-state index contributed by atoms with van der Waals surface area (Å²) in [5.41, 5.74) is -0.557. The Morgan fingerprint density at radius 2 is 2.19 bits per heavy atom. The van der Waals surface area contributed by atoms with Crippen LogP contribution in [0.2, 0.25) is 0 Å². The highest BCUT2D eigenvalue weighted by Gasteiger charge is 2.16. The van der Waals surface area contributed by atoms with Gasteiger partial charge in [-0.05, 0) is 20.8 Å². The van der Waals surface area contributed by atoms with Gasteiger partial charge < -0.3 is 15.0 Å². The van der Waals surface area contributed by atoms with Gasteiger partial charge in [0.1, 0.15) is 5.01 Å². The van der Waals surface area contributed by atoms with Crippen LogP contribution < -0.4 is 10.9 Å². The lowest BCUT2D eigenvalue weighted by atomic mass is 10.1. The Balaban J connectivity index is 2.17. The van der Waals surface area contributed by atoms with Gasteiger partial charge >= 0.3 is 5.97 Å². The molecule has 2 N–H and O–H groups in total. The molecule has 8 heteroatoms. The molecule has 7 nitrogen and oxygen atoms in total. The minimum Gasteiger partial charge on any atom is -0.476 e. The van der Waals surface area contributed by atoms with E-state index in [0.717, 1.165) is 0 Å².